The minimum atomic E-state index is -0.361. The average molecular weight is 364 g/mol. The number of amides is 2. The molecular formula is C22H24N2O3. The Morgan fingerprint density at radius 1 is 1.19 bits per heavy atom. The van der Waals surface area contributed by atoms with Crippen LogP contribution in [0.2, 0.25) is 0 Å². The molecule has 0 spiro atoms. The molecule has 0 bridgehead atoms. The second kappa shape index (κ2) is 7.43. The van der Waals surface area contributed by atoms with E-state index in [1.165, 1.54) is 17.5 Å². The molecule has 140 valence electrons. The summed E-state index contributed by atoms with van der Waals surface area (Å²) in [7, 11) is 0. The minimum absolute atomic E-state index is 0.0451. The van der Waals surface area contributed by atoms with Crippen molar-refractivity contribution in [2.75, 3.05) is 23.4 Å². The van der Waals surface area contributed by atoms with E-state index in [-0.39, 0.29) is 24.2 Å². The van der Waals surface area contributed by atoms with E-state index in [2.05, 4.69) is 17.4 Å². The van der Waals surface area contributed by atoms with Gasteiger partial charge in [0.1, 0.15) is 5.75 Å². The molecule has 0 saturated carbocycles. The molecule has 5 heteroatoms. The van der Waals surface area contributed by atoms with E-state index in [1.807, 2.05) is 37.3 Å². The van der Waals surface area contributed by atoms with Crippen molar-refractivity contribution in [2.45, 2.75) is 32.6 Å². The van der Waals surface area contributed by atoms with Crippen molar-refractivity contribution < 1.29 is 14.3 Å². The first-order valence-corrected chi connectivity index (χ1v) is 9.60. The SMILES string of the molecule is CCOc1ccccc1N1CC(C(=O)Nc2ccc3c(c2)CCC3)CC1=O. The molecule has 4 rings (SSSR count). The highest BCUT2D eigenvalue weighted by molar-refractivity contribution is 6.04. The maximum absolute atomic E-state index is 12.7. The van der Waals surface area contributed by atoms with Crippen molar-refractivity contribution >= 4 is 23.2 Å². The Morgan fingerprint density at radius 2 is 2.00 bits per heavy atom. The molecule has 1 atom stereocenters. The summed E-state index contributed by atoms with van der Waals surface area (Å²) in [6.07, 6.45) is 3.59. The van der Waals surface area contributed by atoms with E-state index in [4.69, 9.17) is 4.74 Å². The molecule has 1 unspecified atom stereocenters. The lowest BCUT2D eigenvalue weighted by Gasteiger charge is -2.20. The monoisotopic (exact) mass is 364 g/mol. The summed E-state index contributed by atoms with van der Waals surface area (Å²) in [5.74, 6) is 0.169. The van der Waals surface area contributed by atoms with Crippen molar-refractivity contribution in [2.24, 2.45) is 5.92 Å². The predicted octanol–water partition coefficient (Wildman–Crippen LogP) is 3.57. The van der Waals surface area contributed by atoms with Gasteiger partial charge in [-0.05, 0) is 61.6 Å². The number of aryl methyl sites for hydroxylation is 2. The van der Waals surface area contributed by atoms with Crippen LogP contribution in [-0.4, -0.2) is 25.0 Å². The number of benzene rings is 2. The van der Waals surface area contributed by atoms with Gasteiger partial charge in [0.25, 0.3) is 0 Å². The highest BCUT2D eigenvalue weighted by Gasteiger charge is 2.36. The summed E-state index contributed by atoms with van der Waals surface area (Å²) in [4.78, 5) is 26.9. The Labute approximate surface area is 159 Å². The number of hydrogen-bond acceptors (Lipinski definition) is 3. The highest BCUT2D eigenvalue weighted by atomic mass is 16.5. The first-order valence-electron chi connectivity index (χ1n) is 9.60. The fourth-order valence-corrected chi connectivity index (χ4v) is 3.97. The number of carbonyl (C=O) groups excluding carboxylic acids is 2. The van der Waals surface area contributed by atoms with Crippen LogP contribution in [0.4, 0.5) is 11.4 Å². The van der Waals surface area contributed by atoms with E-state index in [0.717, 1.165) is 24.2 Å². The van der Waals surface area contributed by atoms with Crippen molar-refractivity contribution in [3.63, 3.8) is 0 Å². The van der Waals surface area contributed by atoms with Crippen LogP contribution >= 0.6 is 0 Å². The number of carbonyl (C=O) groups is 2. The van der Waals surface area contributed by atoms with Gasteiger partial charge in [0, 0.05) is 18.7 Å². The largest absolute Gasteiger partial charge is 0.492 e. The van der Waals surface area contributed by atoms with Gasteiger partial charge in [-0.15, -0.1) is 0 Å². The molecule has 5 nitrogen and oxygen atoms in total. The number of nitrogens with one attached hydrogen (secondary N) is 1. The molecule has 1 heterocycles. The van der Waals surface area contributed by atoms with Crippen LogP contribution in [0.15, 0.2) is 42.5 Å². The van der Waals surface area contributed by atoms with Crippen molar-refractivity contribution in [1.29, 1.82) is 0 Å². The average Bonchev–Trinajstić information content (AvgIpc) is 3.28. The number of rotatable bonds is 5. The van der Waals surface area contributed by atoms with E-state index in [1.54, 1.807) is 4.90 Å². The quantitative estimate of drug-likeness (QED) is 0.882. The Kier molecular flexibility index (Phi) is 4.84. The van der Waals surface area contributed by atoms with Crippen LogP contribution in [0.25, 0.3) is 0 Å². The van der Waals surface area contributed by atoms with Crippen LogP contribution in [0.3, 0.4) is 0 Å². The summed E-state index contributed by atoms with van der Waals surface area (Å²) in [6.45, 7) is 2.82. The molecule has 1 saturated heterocycles. The van der Waals surface area contributed by atoms with E-state index in [9.17, 15) is 9.59 Å². The summed E-state index contributed by atoms with van der Waals surface area (Å²) >= 11 is 0. The molecular weight excluding hydrogens is 340 g/mol. The predicted molar refractivity (Wildman–Crippen MR) is 105 cm³/mol. The first kappa shape index (κ1) is 17.6. The molecule has 1 aliphatic carbocycles. The second-order valence-electron chi connectivity index (χ2n) is 7.13. The fraction of sp³-hybridized carbons (Fsp3) is 0.364. The van der Waals surface area contributed by atoms with E-state index >= 15 is 0 Å². The van der Waals surface area contributed by atoms with Gasteiger partial charge < -0.3 is 15.0 Å². The molecule has 1 fully saturated rings. The standard InChI is InChI=1S/C22H24N2O3/c1-2-27-20-9-4-3-8-19(20)24-14-17(13-21(24)25)22(26)23-18-11-10-15-6-5-7-16(15)12-18/h3-4,8-12,17H,2,5-7,13-14H2,1H3,(H,23,26). The molecule has 2 aromatic rings. The second-order valence-corrected chi connectivity index (χ2v) is 7.13. The van der Waals surface area contributed by atoms with Crippen LogP contribution < -0.4 is 15.0 Å². The topological polar surface area (TPSA) is 58.6 Å². The van der Waals surface area contributed by atoms with Gasteiger partial charge in [-0.1, -0.05) is 18.2 Å². The number of anilines is 2. The molecule has 2 aliphatic rings. The Hall–Kier alpha value is -2.82. The van der Waals surface area contributed by atoms with Gasteiger partial charge in [-0.25, -0.2) is 0 Å². The number of para-hydroxylation sites is 2. The molecule has 0 radical (unpaired) electrons. The summed E-state index contributed by atoms with van der Waals surface area (Å²) < 4.78 is 5.64. The normalized spacial score (nSPS) is 18.5. The lowest BCUT2D eigenvalue weighted by molar-refractivity contribution is -0.122. The molecule has 1 aliphatic heterocycles. The van der Waals surface area contributed by atoms with Crippen molar-refractivity contribution in [3.8, 4) is 5.75 Å². The van der Waals surface area contributed by atoms with Gasteiger partial charge >= 0.3 is 0 Å². The van der Waals surface area contributed by atoms with Gasteiger partial charge in [0.05, 0.1) is 18.2 Å². The zero-order chi connectivity index (χ0) is 18.8. The number of fused-ring (bicyclic) bond motifs is 1. The molecule has 2 aromatic carbocycles. The van der Waals surface area contributed by atoms with Gasteiger partial charge in [-0.2, -0.15) is 0 Å². The number of nitrogens with zero attached hydrogens (tertiary/aromatic N) is 1. The third kappa shape index (κ3) is 3.54. The molecule has 27 heavy (non-hydrogen) atoms. The fourth-order valence-electron chi connectivity index (χ4n) is 3.97. The Balaban J connectivity index is 1.47. The van der Waals surface area contributed by atoms with Crippen LogP contribution in [0.1, 0.15) is 30.9 Å². The van der Waals surface area contributed by atoms with Crippen LogP contribution in [0, 0.1) is 5.92 Å². The lowest BCUT2D eigenvalue weighted by Crippen LogP contribution is -2.28. The summed E-state index contributed by atoms with van der Waals surface area (Å²) in [6, 6.07) is 13.6. The first-order chi connectivity index (χ1) is 13.2. The maximum Gasteiger partial charge on any atom is 0.229 e. The minimum Gasteiger partial charge on any atom is -0.492 e. The van der Waals surface area contributed by atoms with E-state index in [0.29, 0.717) is 18.9 Å². The Bertz CT molecular complexity index is 878. The Morgan fingerprint density at radius 3 is 2.85 bits per heavy atom. The molecule has 0 aromatic heterocycles. The number of ether oxygens (including phenoxy) is 1. The zero-order valence-corrected chi connectivity index (χ0v) is 15.5. The van der Waals surface area contributed by atoms with Gasteiger partial charge in [0.2, 0.25) is 11.8 Å². The van der Waals surface area contributed by atoms with Gasteiger partial charge in [-0.3, -0.25) is 9.59 Å². The smallest absolute Gasteiger partial charge is 0.229 e. The van der Waals surface area contributed by atoms with Gasteiger partial charge in [0.15, 0.2) is 0 Å². The third-order valence-corrected chi connectivity index (χ3v) is 5.32. The molecule has 2 amide bonds. The van der Waals surface area contributed by atoms with E-state index < -0.39 is 0 Å². The number of hydrogen-bond donors (Lipinski definition) is 1. The summed E-state index contributed by atoms with van der Waals surface area (Å²) in [5, 5.41) is 3.00. The van der Waals surface area contributed by atoms with Crippen LogP contribution in [0.5, 0.6) is 5.75 Å². The molecule has 1 N–H and O–H groups in total. The lowest BCUT2D eigenvalue weighted by atomic mass is 10.1. The van der Waals surface area contributed by atoms with Crippen molar-refractivity contribution in [1.82, 2.24) is 0 Å². The highest BCUT2D eigenvalue weighted by Crippen LogP contribution is 2.33. The van der Waals surface area contributed by atoms with Crippen LogP contribution in [-0.2, 0) is 22.4 Å². The maximum atomic E-state index is 12.7. The zero-order valence-electron chi connectivity index (χ0n) is 15.5. The summed E-state index contributed by atoms with van der Waals surface area (Å²) in [5.41, 5.74) is 4.25. The third-order valence-electron chi connectivity index (χ3n) is 5.32. The van der Waals surface area contributed by atoms with Crippen molar-refractivity contribution in [3.05, 3.63) is 53.6 Å².